The zero-order chi connectivity index (χ0) is 17.4. The van der Waals surface area contributed by atoms with E-state index in [4.69, 9.17) is 17.6 Å². The van der Waals surface area contributed by atoms with Gasteiger partial charge >= 0.3 is 0 Å². The molecule has 0 spiro atoms. The summed E-state index contributed by atoms with van der Waals surface area (Å²) >= 11 is 0. The first-order chi connectivity index (χ1) is 11.7. The molecule has 4 nitrogen and oxygen atoms in total. The van der Waals surface area contributed by atoms with Gasteiger partial charge in [0.2, 0.25) is 6.54 Å². The number of nitrogen functional groups attached to an aromatic ring is 1. The number of aryl methyl sites for hydroxylation is 2. The van der Waals surface area contributed by atoms with E-state index in [2.05, 4.69) is 35.0 Å². The molecule has 24 heavy (non-hydrogen) atoms. The Kier molecular flexibility index (Phi) is 6.58. The Morgan fingerprint density at radius 1 is 1.17 bits per heavy atom. The molecular weight excluding hydrogens is 296 g/mol. The fourth-order valence-corrected chi connectivity index (χ4v) is 2.96. The maximum absolute atomic E-state index is 8.93. The van der Waals surface area contributed by atoms with E-state index in [1.807, 2.05) is 6.07 Å². The lowest BCUT2D eigenvalue weighted by atomic mass is 9.97. The van der Waals surface area contributed by atoms with Crippen LogP contribution in [0.4, 0.5) is 5.82 Å². The number of nitrogens with zero attached hydrogens (tertiary/aromatic N) is 3. The van der Waals surface area contributed by atoms with Gasteiger partial charge in [0.1, 0.15) is 5.82 Å². The minimum Gasteiger partial charge on any atom is -0.383 e. The normalized spacial score (nSPS) is 10.5. The summed E-state index contributed by atoms with van der Waals surface area (Å²) in [5.41, 5.74) is 10.4. The fraction of sp³-hybridized carbons (Fsp3) is 0.450. The number of unbranched alkanes of at least 4 members (excludes halogenated alkanes) is 2. The Balaban J connectivity index is 2.44. The molecule has 2 aromatic rings. The molecule has 0 amide bonds. The molecule has 0 radical (unpaired) electrons. The first kappa shape index (κ1) is 17.8. The van der Waals surface area contributed by atoms with Gasteiger partial charge in [0.25, 0.3) is 0 Å². The number of fused-ring (bicyclic) bond motifs is 1. The fourth-order valence-electron chi connectivity index (χ4n) is 2.96. The number of nitriles is 1. The molecule has 124 valence electrons. The van der Waals surface area contributed by atoms with Gasteiger partial charge in [-0.25, -0.2) is 11.6 Å². The van der Waals surface area contributed by atoms with Gasteiger partial charge in [-0.05, 0) is 48.1 Å². The van der Waals surface area contributed by atoms with E-state index in [1.165, 1.54) is 12.8 Å². The van der Waals surface area contributed by atoms with E-state index in [-0.39, 0.29) is 0 Å². The number of pyridine rings is 1. The van der Waals surface area contributed by atoms with E-state index < -0.39 is 0 Å². The Morgan fingerprint density at radius 3 is 2.71 bits per heavy atom. The molecular formula is C20H24N4. The van der Waals surface area contributed by atoms with Gasteiger partial charge in [0.05, 0.1) is 11.6 Å². The van der Waals surface area contributed by atoms with Crippen molar-refractivity contribution in [3.8, 4) is 6.07 Å². The van der Waals surface area contributed by atoms with E-state index in [9.17, 15) is 0 Å². The van der Waals surface area contributed by atoms with E-state index >= 15 is 0 Å². The lowest BCUT2D eigenvalue weighted by Gasteiger charge is -2.12. The number of benzene rings is 1. The minimum atomic E-state index is 0.466. The highest BCUT2D eigenvalue weighted by molar-refractivity contribution is 5.85. The number of hydrogen-bond donors (Lipinski definition) is 1. The molecule has 0 saturated carbocycles. The van der Waals surface area contributed by atoms with Crippen molar-refractivity contribution < 1.29 is 0 Å². The zero-order valence-electron chi connectivity index (χ0n) is 14.3. The molecule has 0 aliphatic heterocycles. The molecule has 1 aromatic heterocycles. The summed E-state index contributed by atoms with van der Waals surface area (Å²) in [4.78, 5) is 8.04. The standard InChI is InChI=1S/C20H24N4/c1-3-4-5-7-17-14-18-16(8-6-10-21)12-15(9-11-23-2)13-19(18)24-20(17)22/h12-14H,3-9,11H2,1H3,(H2,22,24). The van der Waals surface area contributed by atoms with Crippen molar-refractivity contribution in [3.63, 3.8) is 0 Å². The zero-order valence-corrected chi connectivity index (χ0v) is 14.3. The van der Waals surface area contributed by atoms with Gasteiger partial charge in [-0.1, -0.05) is 25.8 Å². The van der Waals surface area contributed by atoms with Crippen LogP contribution in [0.5, 0.6) is 0 Å². The first-order valence-corrected chi connectivity index (χ1v) is 8.60. The maximum Gasteiger partial charge on any atom is 0.218 e. The van der Waals surface area contributed by atoms with Crippen LogP contribution in [0.15, 0.2) is 18.2 Å². The lowest BCUT2D eigenvalue weighted by molar-refractivity contribution is 0.717. The minimum absolute atomic E-state index is 0.466. The SMILES string of the molecule is [C-]#[N+]CCc1cc(CCC#N)c2cc(CCCCC)c(N)nc2c1. The lowest BCUT2D eigenvalue weighted by Crippen LogP contribution is -2.02. The predicted molar refractivity (Wildman–Crippen MR) is 98.5 cm³/mol. The van der Waals surface area contributed by atoms with Crippen LogP contribution < -0.4 is 5.73 Å². The highest BCUT2D eigenvalue weighted by Crippen LogP contribution is 2.26. The van der Waals surface area contributed by atoms with Crippen LogP contribution in [0.2, 0.25) is 0 Å². The highest BCUT2D eigenvalue weighted by Gasteiger charge is 2.10. The summed E-state index contributed by atoms with van der Waals surface area (Å²) in [5.74, 6) is 0.604. The molecule has 0 unspecified atom stereocenters. The van der Waals surface area contributed by atoms with Crippen molar-refractivity contribution in [1.82, 2.24) is 4.98 Å². The van der Waals surface area contributed by atoms with Crippen molar-refractivity contribution in [2.45, 2.75) is 51.9 Å². The molecule has 0 aliphatic carbocycles. The number of hydrogen-bond acceptors (Lipinski definition) is 3. The molecule has 4 heteroatoms. The molecule has 1 aromatic carbocycles. The predicted octanol–water partition coefficient (Wildman–Crippen LogP) is 4.47. The Hall–Kier alpha value is -2.59. The van der Waals surface area contributed by atoms with Crippen LogP contribution in [0.1, 0.15) is 49.3 Å². The van der Waals surface area contributed by atoms with Crippen LogP contribution in [0.3, 0.4) is 0 Å². The summed E-state index contributed by atoms with van der Waals surface area (Å²) < 4.78 is 0. The Morgan fingerprint density at radius 2 is 2.00 bits per heavy atom. The van der Waals surface area contributed by atoms with Crippen LogP contribution in [-0.2, 0) is 19.3 Å². The number of nitrogens with two attached hydrogens (primary N) is 1. The van der Waals surface area contributed by atoms with Crippen molar-refractivity contribution in [1.29, 1.82) is 5.26 Å². The Bertz CT molecular complexity index is 781. The van der Waals surface area contributed by atoms with Gasteiger partial charge in [-0.15, -0.1) is 0 Å². The van der Waals surface area contributed by atoms with Gasteiger partial charge in [-0.2, -0.15) is 5.26 Å². The number of rotatable bonds is 8. The second-order valence-electron chi connectivity index (χ2n) is 6.10. The van der Waals surface area contributed by atoms with E-state index in [1.54, 1.807) is 0 Å². The molecule has 0 saturated heterocycles. The molecule has 2 N–H and O–H groups in total. The van der Waals surface area contributed by atoms with Crippen molar-refractivity contribution >= 4 is 16.7 Å². The third-order valence-electron chi connectivity index (χ3n) is 4.26. The van der Waals surface area contributed by atoms with Crippen molar-refractivity contribution in [3.05, 3.63) is 46.3 Å². The second kappa shape index (κ2) is 8.89. The van der Waals surface area contributed by atoms with Gasteiger partial charge in [-0.3, -0.25) is 0 Å². The van der Waals surface area contributed by atoms with E-state index in [0.29, 0.717) is 31.6 Å². The van der Waals surface area contributed by atoms with Gasteiger partial charge in [0, 0.05) is 18.2 Å². The quantitative estimate of drug-likeness (QED) is 0.576. The number of anilines is 1. The average Bonchev–Trinajstić information content (AvgIpc) is 2.58. The second-order valence-corrected chi connectivity index (χ2v) is 6.10. The molecule has 0 fully saturated rings. The molecule has 0 atom stereocenters. The topological polar surface area (TPSA) is 67.1 Å². The molecule has 0 bridgehead atoms. The molecule has 0 aliphatic rings. The van der Waals surface area contributed by atoms with Gasteiger partial charge < -0.3 is 10.6 Å². The van der Waals surface area contributed by atoms with Gasteiger partial charge in [0.15, 0.2) is 0 Å². The van der Waals surface area contributed by atoms with Crippen molar-refractivity contribution in [2.24, 2.45) is 0 Å². The number of aromatic nitrogens is 1. The summed E-state index contributed by atoms with van der Waals surface area (Å²) in [6.07, 6.45) is 6.33. The molecule has 1 heterocycles. The highest BCUT2D eigenvalue weighted by atomic mass is 14.8. The maximum atomic E-state index is 8.93. The first-order valence-electron chi connectivity index (χ1n) is 8.60. The van der Waals surface area contributed by atoms with Crippen LogP contribution in [0.25, 0.3) is 15.7 Å². The third kappa shape index (κ3) is 4.46. The Labute approximate surface area is 144 Å². The van der Waals surface area contributed by atoms with Crippen LogP contribution in [-0.4, -0.2) is 11.5 Å². The monoisotopic (exact) mass is 320 g/mol. The van der Waals surface area contributed by atoms with Crippen molar-refractivity contribution in [2.75, 3.05) is 12.3 Å². The summed E-state index contributed by atoms with van der Waals surface area (Å²) in [6, 6.07) is 8.52. The third-order valence-corrected chi connectivity index (χ3v) is 4.26. The summed E-state index contributed by atoms with van der Waals surface area (Å²) in [7, 11) is 0. The molecule has 2 rings (SSSR count). The average molecular weight is 320 g/mol. The van der Waals surface area contributed by atoms with Crippen LogP contribution >= 0.6 is 0 Å². The summed E-state index contributed by atoms with van der Waals surface area (Å²) in [5, 5.41) is 10.0. The summed E-state index contributed by atoms with van der Waals surface area (Å²) in [6.45, 7) is 9.62. The van der Waals surface area contributed by atoms with Crippen LogP contribution in [0, 0.1) is 17.9 Å². The van der Waals surface area contributed by atoms with E-state index in [0.717, 1.165) is 40.4 Å². The largest absolute Gasteiger partial charge is 0.383 e. The smallest absolute Gasteiger partial charge is 0.218 e.